The summed E-state index contributed by atoms with van der Waals surface area (Å²) in [4.78, 5) is 36.5. The molecule has 2 rings (SSSR count). The van der Waals surface area contributed by atoms with Gasteiger partial charge in [-0.15, -0.1) is 11.8 Å². The molecule has 1 aromatic carbocycles. The molecule has 0 aromatic heterocycles. The Morgan fingerprint density at radius 2 is 1.92 bits per heavy atom. The fourth-order valence-corrected chi connectivity index (χ4v) is 3.50. The Kier molecular flexibility index (Phi) is 6.11. The molecule has 1 saturated heterocycles. The Morgan fingerprint density at radius 1 is 1.28 bits per heavy atom. The average molecular weight is 364 g/mol. The maximum absolute atomic E-state index is 12.2. The van der Waals surface area contributed by atoms with Gasteiger partial charge in [0, 0.05) is 0 Å². The lowest BCUT2D eigenvalue weighted by Gasteiger charge is -2.22. The highest BCUT2D eigenvalue weighted by Crippen LogP contribution is 2.25. The maximum atomic E-state index is 12.2. The van der Waals surface area contributed by atoms with Crippen LogP contribution in [0.3, 0.4) is 0 Å². The van der Waals surface area contributed by atoms with Crippen LogP contribution in [0.2, 0.25) is 0 Å². The van der Waals surface area contributed by atoms with Gasteiger partial charge in [-0.2, -0.15) is 0 Å². The van der Waals surface area contributed by atoms with Gasteiger partial charge in [0.15, 0.2) is 0 Å². The van der Waals surface area contributed by atoms with E-state index in [2.05, 4.69) is 26.1 Å². The molecule has 1 atom stereocenters. The number of carbonyl (C=O) groups is 3. The average Bonchev–Trinajstić information content (AvgIpc) is 2.90. The number of amides is 2. The first-order valence-corrected chi connectivity index (χ1v) is 9.29. The van der Waals surface area contributed by atoms with E-state index in [9.17, 15) is 14.4 Å². The van der Waals surface area contributed by atoms with Crippen molar-refractivity contribution in [3.8, 4) is 0 Å². The predicted octanol–water partition coefficient (Wildman–Crippen LogP) is 2.15. The van der Waals surface area contributed by atoms with E-state index >= 15 is 0 Å². The van der Waals surface area contributed by atoms with Gasteiger partial charge >= 0.3 is 5.97 Å². The highest BCUT2D eigenvalue weighted by molar-refractivity contribution is 8.00. The number of rotatable bonds is 6. The maximum Gasteiger partial charge on any atom is 0.305 e. The lowest BCUT2D eigenvalue weighted by atomic mass is 9.86. The topological polar surface area (TPSA) is 86.7 Å². The summed E-state index contributed by atoms with van der Waals surface area (Å²) in [6, 6.07) is 6.99. The zero-order valence-electron chi connectivity index (χ0n) is 14.7. The van der Waals surface area contributed by atoms with E-state index in [1.54, 1.807) is 0 Å². The van der Waals surface area contributed by atoms with Crippen LogP contribution in [0.4, 0.5) is 0 Å². The second-order valence-electron chi connectivity index (χ2n) is 7.16. The summed E-state index contributed by atoms with van der Waals surface area (Å²) in [5, 5.41) is 11.9. The van der Waals surface area contributed by atoms with Gasteiger partial charge in [-0.3, -0.25) is 14.4 Å². The normalized spacial score (nSPS) is 16.0. The van der Waals surface area contributed by atoms with Gasteiger partial charge in [-0.05, 0) is 16.5 Å². The number of carboxylic acid groups (broad SMARTS) is 1. The second-order valence-corrected chi connectivity index (χ2v) is 8.11. The summed E-state index contributed by atoms with van der Waals surface area (Å²) in [6.45, 7) is 6.26. The number of nitrogens with one attached hydrogen (secondary N) is 1. The van der Waals surface area contributed by atoms with Crippen LogP contribution in [0.1, 0.15) is 44.4 Å². The number of hydrogen-bond acceptors (Lipinski definition) is 4. The molecule has 1 aliphatic rings. The summed E-state index contributed by atoms with van der Waals surface area (Å²) >= 11 is 1.46. The van der Waals surface area contributed by atoms with Crippen molar-refractivity contribution >= 4 is 29.5 Å². The zero-order valence-corrected chi connectivity index (χ0v) is 15.6. The molecule has 0 saturated carbocycles. The molecule has 6 nitrogen and oxygen atoms in total. The molecular formula is C18H24N2O4S. The Bertz CT molecular complexity index is 652. The highest BCUT2D eigenvalue weighted by atomic mass is 32.2. The molecule has 1 heterocycles. The standard InChI is InChI=1S/C18H24N2O4S/c1-18(2,3)13-6-4-12(5-7-13)14(8-17(23)24)19-15(21)9-20-11-25-10-16(20)22/h4-7,14H,8-11H2,1-3H3,(H,19,21)(H,23,24). The number of carbonyl (C=O) groups excluding carboxylic acids is 2. The van der Waals surface area contributed by atoms with Gasteiger partial charge in [-0.25, -0.2) is 0 Å². The minimum atomic E-state index is -0.988. The van der Waals surface area contributed by atoms with Crippen molar-refractivity contribution in [2.45, 2.75) is 38.6 Å². The summed E-state index contributed by atoms with van der Waals surface area (Å²) in [5.74, 6) is -0.513. The molecule has 25 heavy (non-hydrogen) atoms. The van der Waals surface area contributed by atoms with E-state index in [0.717, 1.165) is 11.1 Å². The molecule has 7 heteroatoms. The van der Waals surface area contributed by atoms with E-state index in [1.165, 1.54) is 16.7 Å². The van der Waals surface area contributed by atoms with Gasteiger partial charge < -0.3 is 15.3 Å². The van der Waals surface area contributed by atoms with E-state index in [-0.39, 0.29) is 30.2 Å². The molecular weight excluding hydrogens is 340 g/mol. The number of aliphatic carboxylic acids is 1. The molecule has 1 fully saturated rings. The second kappa shape index (κ2) is 7.91. The van der Waals surface area contributed by atoms with Crippen molar-refractivity contribution in [1.82, 2.24) is 10.2 Å². The van der Waals surface area contributed by atoms with Crippen molar-refractivity contribution in [2.75, 3.05) is 18.2 Å². The first-order chi connectivity index (χ1) is 11.7. The van der Waals surface area contributed by atoms with Gasteiger partial charge in [0.05, 0.1) is 24.1 Å². The van der Waals surface area contributed by atoms with Crippen molar-refractivity contribution in [3.63, 3.8) is 0 Å². The molecule has 1 aromatic rings. The van der Waals surface area contributed by atoms with Gasteiger partial charge in [0.25, 0.3) is 0 Å². The van der Waals surface area contributed by atoms with E-state index in [4.69, 9.17) is 5.11 Å². The fourth-order valence-electron chi connectivity index (χ4n) is 2.60. The monoisotopic (exact) mass is 364 g/mol. The van der Waals surface area contributed by atoms with E-state index in [1.807, 2.05) is 24.3 Å². The molecule has 0 aliphatic carbocycles. The third-order valence-electron chi connectivity index (χ3n) is 4.05. The number of benzene rings is 1. The smallest absolute Gasteiger partial charge is 0.305 e. The molecule has 2 N–H and O–H groups in total. The predicted molar refractivity (Wildman–Crippen MR) is 97.3 cm³/mol. The van der Waals surface area contributed by atoms with Gasteiger partial charge in [0.1, 0.15) is 6.54 Å². The van der Waals surface area contributed by atoms with Crippen LogP contribution < -0.4 is 5.32 Å². The number of thioether (sulfide) groups is 1. The van der Waals surface area contributed by atoms with Gasteiger partial charge in [0.2, 0.25) is 11.8 Å². The minimum absolute atomic E-state index is 0.00213. The van der Waals surface area contributed by atoms with Crippen LogP contribution in [-0.2, 0) is 19.8 Å². The van der Waals surface area contributed by atoms with Crippen LogP contribution in [0.5, 0.6) is 0 Å². The fraction of sp³-hybridized carbons (Fsp3) is 0.500. The molecule has 0 spiro atoms. The number of nitrogens with zero attached hydrogens (tertiary/aromatic N) is 1. The van der Waals surface area contributed by atoms with Crippen LogP contribution >= 0.6 is 11.8 Å². The van der Waals surface area contributed by atoms with Crippen molar-refractivity contribution in [1.29, 1.82) is 0 Å². The third-order valence-corrected chi connectivity index (χ3v) is 5.00. The number of carboxylic acids is 1. The van der Waals surface area contributed by atoms with Crippen molar-refractivity contribution < 1.29 is 19.5 Å². The zero-order chi connectivity index (χ0) is 18.6. The van der Waals surface area contributed by atoms with Crippen LogP contribution in [0, 0.1) is 0 Å². The summed E-state index contributed by atoms with van der Waals surface area (Å²) in [7, 11) is 0. The van der Waals surface area contributed by atoms with Crippen molar-refractivity contribution in [3.05, 3.63) is 35.4 Å². The Balaban J connectivity index is 2.08. The SMILES string of the molecule is CC(C)(C)c1ccc(C(CC(=O)O)NC(=O)CN2CSCC2=O)cc1. The minimum Gasteiger partial charge on any atom is -0.481 e. The van der Waals surface area contributed by atoms with Crippen LogP contribution in [0.15, 0.2) is 24.3 Å². The summed E-state index contributed by atoms with van der Waals surface area (Å²) < 4.78 is 0. The largest absolute Gasteiger partial charge is 0.481 e. The molecule has 1 aliphatic heterocycles. The lowest BCUT2D eigenvalue weighted by Crippen LogP contribution is -2.40. The first kappa shape index (κ1) is 19.3. The lowest BCUT2D eigenvalue weighted by molar-refractivity contribution is -0.138. The Labute approximate surface area is 152 Å². The molecule has 0 bridgehead atoms. The van der Waals surface area contributed by atoms with Crippen molar-refractivity contribution in [2.24, 2.45) is 0 Å². The Morgan fingerprint density at radius 3 is 2.40 bits per heavy atom. The van der Waals surface area contributed by atoms with Crippen LogP contribution in [0.25, 0.3) is 0 Å². The molecule has 2 amide bonds. The summed E-state index contributed by atoms with van der Waals surface area (Å²) in [6.07, 6.45) is -0.205. The number of hydrogen-bond donors (Lipinski definition) is 2. The third kappa shape index (κ3) is 5.49. The Hall–Kier alpha value is -2.02. The van der Waals surface area contributed by atoms with E-state index < -0.39 is 12.0 Å². The van der Waals surface area contributed by atoms with Gasteiger partial charge in [-0.1, -0.05) is 45.0 Å². The molecule has 1 unspecified atom stereocenters. The van der Waals surface area contributed by atoms with E-state index in [0.29, 0.717) is 11.6 Å². The quantitative estimate of drug-likeness (QED) is 0.808. The highest BCUT2D eigenvalue weighted by Gasteiger charge is 2.25. The van der Waals surface area contributed by atoms with Crippen LogP contribution in [-0.4, -0.2) is 46.0 Å². The summed E-state index contributed by atoms with van der Waals surface area (Å²) in [5.41, 5.74) is 1.87. The molecule has 136 valence electrons. The molecule has 0 radical (unpaired) electrons. The first-order valence-electron chi connectivity index (χ1n) is 8.14.